The minimum Gasteiger partial charge on any atom is -0.353 e. The fourth-order valence-electron chi connectivity index (χ4n) is 4.18. The van der Waals surface area contributed by atoms with E-state index in [1.165, 1.54) is 24.6 Å². The number of aromatic nitrogens is 3. The Balaban J connectivity index is 1.44. The molecule has 1 saturated heterocycles. The first-order valence-corrected chi connectivity index (χ1v) is 9.16. The molecule has 1 N–H and O–H groups in total. The molecule has 1 spiro atoms. The molecule has 0 amide bonds. The van der Waals surface area contributed by atoms with E-state index in [-0.39, 0.29) is 11.9 Å². The predicted octanol–water partition coefficient (Wildman–Crippen LogP) is 4.32. The van der Waals surface area contributed by atoms with Crippen molar-refractivity contribution in [3.05, 3.63) is 42.1 Å². The Morgan fingerprint density at radius 1 is 1.16 bits per heavy atom. The van der Waals surface area contributed by atoms with Gasteiger partial charge in [-0.05, 0) is 31.0 Å². The largest absolute Gasteiger partial charge is 0.353 e. The molecule has 3 aromatic rings. The molecule has 0 radical (unpaired) electrons. The number of aryl methyl sites for hydroxylation is 1. The molecule has 2 aromatic heterocycles. The third-order valence-corrected chi connectivity index (χ3v) is 5.52. The molecule has 1 aliphatic heterocycles. The maximum absolute atomic E-state index is 6.37. The molecule has 1 aromatic carbocycles. The minimum atomic E-state index is -0.353. The monoisotopic (exact) mass is 337 g/mol. The Morgan fingerprint density at radius 3 is 2.84 bits per heavy atom. The third-order valence-electron chi connectivity index (χ3n) is 5.52. The summed E-state index contributed by atoms with van der Waals surface area (Å²) >= 11 is 0. The van der Waals surface area contributed by atoms with Gasteiger partial charge in [-0.15, -0.1) is 0 Å². The van der Waals surface area contributed by atoms with Crippen molar-refractivity contribution in [2.24, 2.45) is 7.05 Å². The first-order valence-electron chi connectivity index (χ1n) is 9.16. The van der Waals surface area contributed by atoms with Crippen LogP contribution in [-0.2, 0) is 16.5 Å². The SMILES string of the molecule is Cn1nc(-c2cc3ccccc3[nH]2)cc1C1COC2(CCCCC2)O1. The molecule has 1 unspecified atom stereocenters. The molecule has 5 nitrogen and oxygen atoms in total. The number of benzene rings is 1. The molecule has 5 heteroatoms. The number of hydrogen-bond acceptors (Lipinski definition) is 3. The molecule has 1 aliphatic carbocycles. The van der Waals surface area contributed by atoms with E-state index >= 15 is 0 Å². The van der Waals surface area contributed by atoms with Crippen molar-refractivity contribution in [3.8, 4) is 11.4 Å². The molecule has 2 fully saturated rings. The highest BCUT2D eigenvalue weighted by molar-refractivity contribution is 5.85. The summed E-state index contributed by atoms with van der Waals surface area (Å²) in [5.74, 6) is -0.353. The summed E-state index contributed by atoms with van der Waals surface area (Å²) in [4.78, 5) is 3.45. The highest BCUT2D eigenvalue weighted by atomic mass is 16.7. The van der Waals surface area contributed by atoms with Crippen LogP contribution in [0.25, 0.3) is 22.3 Å². The normalized spacial score (nSPS) is 22.8. The zero-order chi connectivity index (χ0) is 16.9. The summed E-state index contributed by atoms with van der Waals surface area (Å²) in [5, 5.41) is 5.90. The second-order valence-corrected chi connectivity index (χ2v) is 7.24. The first-order chi connectivity index (χ1) is 12.2. The Morgan fingerprint density at radius 2 is 2.00 bits per heavy atom. The summed E-state index contributed by atoms with van der Waals surface area (Å²) in [7, 11) is 1.98. The van der Waals surface area contributed by atoms with Gasteiger partial charge in [0.15, 0.2) is 5.79 Å². The standard InChI is InChI=1S/C20H23N3O2/c1-23-18(19-13-24-20(25-19)9-5-2-6-10-20)12-17(22-23)16-11-14-7-3-4-8-15(14)21-16/h3-4,7-8,11-12,19,21H,2,5-6,9-10,13H2,1H3. The van der Waals surface area contributed by atoms with E-state index in [1.54, 1.807) is 0 Å². The molecule has 1 saturated carbocycles. The van der Waals surface area contributed by atoms with Crippen LogP contribution in [0.1, 0.15) is 43.9 Å². The molecule has 3 heterocycles. The van der Waals surface area contributed by atoms with Crippen molar-refractivity contribution in [3.63, 3.8) is 0 Å². The number of nitrogens with one attached hydrogen (secondary N) is 1. The van der Waals surface area contributed by atoms with Crippen LogP contribution in [0.3, 0.4) is 0 Å². The van der Waals surface area contributed by atoms with Crippen LogP contribution in [0, 0.1) is 0 Å². The lowest BCUT2D eigenvalue weighted by Crippen LogP contribution is -2.32. The minimum absolute atomic E-state index is 0.0336. The van der Waals surface area contributed by atoms with E-state index in [0.717, 1.165) is 35.4 Å². The molecule has 2 aliphatic rings. The van der Waals surface area contributed by atoms with E-state index in [1.807, 2.05) is 17.8 Å². The van der Waals surface area contributed by atoms with Gasteiger partial charge >= 0.3 is 0 Å². The summed E-state index contributed by atoms with van der Waals surface area (Å²) < 4.78 is 14.4. The van der Waals surface area contributed by atoms with Crippen molar-refractivity contribution in [1.29, 1.82) is 0 Å². The van der Waals surface area contributed by atoms with Crippen LogP contribution >= 0.6 is 0 Å². The van der Waals surface area contributed by atoms with Gasteiger partial charge in [-0.25, -0.2) is 0 Å². The van der Waals surface area contributed by atoms with Crippen LogP contribution in [-0.4, -0.2) is 27.2 Å². The number of fused-ring (bicyclic) bond motifs is 1. The van der Waals surface area contributed by atoms with Crippen LogP contribution in [0.15, 0.2) is 36.4 Å². The highest BCUT2D eigenvalue weighted by Gasteiger charge is 2.43. The van der Waals surface area contributed by atoms with Gasteiger partial charge in [0, 0.05) is 30.8 Å². The lowest BCUT2D eigenvalue weighted by atomic mass is 9.94. The fraction of sp³-hybridized carbons (Fsp3) is 0.450. The van der Waals surface area contributed by atoms with Crippen molar-refractivity contribution >= 4 is 10.9 Å². The van der Waals surface area contributed by atoms with Crippen LogP contribution < -0.4 is 0 Å². The van der Waals surface area contributed by atoms with Gasteiger partial charge in [-0.3, -0.25) is 4.68 Å². The second kappa shape index (κ2) is 5.71. The Labute approximate surface area is 146 Å². The number of para-hydroxylation sites is 1. The molecule has 25 heavy (non-hydrogen) atoms. The zero-order valence-electron chi connectivity index (χ0n) is 14.5. The predicted molar refractivity (Wildman–Crippen MR) is 96.1 cm³/mol. The number of rotatable bonds is 2. The Kier molecular flexibility index (Phi) is 3.47. The average Bonchev–Trinajstić information content (AvgIpc) is 3.32. The number of ether oxygens (including phenoxy) is 2. The highest BCUT2D eigenvalue weighted by Crippen LogP contribution is 2.42. The molecule has 0 bridgehead atoms. The fourth-order valence-corrected chi connectivity index (χ4v) is 4.18. The van der Waals surface area contributed by atoms with E-state index in [0.29, 0.717) is 6.61 Å². The van der Waals surface area contributed by atoms with E-state index in [9.17, 15) is 0 Å². The summed E-state index contributed by atoms with van der Waals surface area (Å²) in [6.45, 7) is 0.617. The van der Waals surface area contributed by atoms with Crippen LogP contribution in [0.5, 0.6) is 0 Å². The third kappa shape index (κ3) is 2.58. The van der Waals surface area contributed by atoms with Gasteiger partial charge in [0.2, 0.25) is 0 Å². The maximum atomic E-state index is 6.37. The van der Waals surface area contributed by atoms with Gasteiger partial charge in [0.1, 0.15) is 11.8 Å². The van der Waals surface area contributed by atoms with Crippen LogP contribution in [0.4, 0.5) is 0 Å². The topological polar surface area (TPSA) is 52.1 Å². The van der Waals surface area contributed by atoms with Crippen molar-refractivity contribution in [1.82, 2.24) is 14.8 Å². The molecule has 130 valence electrons. The van der Waals surface area contributed by atoms with E-state index in [2.05, 4.69) is 35.3 Å². The van der Waals surface area contributed by atoms with Gasteiger partial charge in [-0.1, -0.05) is 24.6 Å². The summed E-state index contributed by atoms with van der Waals surface area (Å²) in [6.07, 6.45) is 5.66. The van der Waals surface area contributed by atoms with Crippen LogP contribution in [0.2, 0.25) is 0 Å². The van der Waals surface area contributed by atoms with Crippen molar-refractivity contribution in [2.75, 3.05) is 6.61 Å². The number of hydrogen-bond donors (Lipinski definition) is 1. The molecule has 5 rings (SSSR count). The second-order valence-electron chi connectivity index (χ2n) is 7.24. The Hall–Kier alpha value is -2.11. The molecular weight excluding hydrogens is 314 g/mol. The smallest absolute Gasteiger partial charge is 0.169 e. The zero-order valence-corrected chi connectivity index (χ0v) is 14.5. The Bertz CT molecular complexity index is 872. The van der Waals surface area contributed by atoms with E-state index < -0.39 is 0 Å². The average molecular weight is 337 g/mol. The van der Waals surface area contributed by atoms with Crippen molar-refractivity contribution < 1.29 is 9.47 Å². The first kappa shape index (κ1) is 15.2. The lowest BCUT2D eigenvalue weighted by molar-refractivity contribution is -0.188. The quantitative estimate of drug-likeness (QED) is 0.758. The lowest BCUT2D eigenvalue weighted by Gasteiger charge is -2.31. The van der Waals surface area contributed by atoms with Crippen molar-refractivity contribution in [2.45, 2.75) is 44.0 Å². The molecular formula is C20H23N3O2. The molecule has 1 atom stereocenters. The van der Waals surface area contributed by atoms with Gasteiger partial charge in [0.05, 0.1) is 18.0 Å². The summed E-state index contributed by atoms with van der Waals surface area (Å²) in [5.41, 5.74) is 4.19. The summed E-state index contributed by atoms with van der Waals surface area (Å²) in [6, 6.07) is 12.6. The number of aromatic amines is 1. The van der Waals surface area contributed by atoms with Gasteiger partial charge in [-0.2, -0.15) is 5.10 Å². The number of nitrogens with zero attached hydrogens (tertiary/aromatic N) is 2. The maximum Gasteiger partial charge on any atom is 0.169 e. The number of H-pyrrole nitrogens is 1. The van der Waals surface area contributed by atoms with E-state index in [4.69, 9.17) is 14.6 Å². The van der Waals surface area contributed by atoms with Gasteiger partial charge < -0.3 is 14.5 Å². The van der Waals surface area contributed by atoms with Gasteiger partial charge in [0.25, 0.3) is 0 Å².